The number of carbonyl (C=O) groups is 1. The first-order valence-corrected chi connectivity index (χ1v) is 6.19. The van der Waals surface area contributed by atoms with Crippen LogP contribution in [0.3, 0.4) is 0 Å². The summed E-state index contributed by atoms with van der Waals surface area (Å²) in [5.41, 5.74) is 0. The highest BCUT2D eigenvalue weighted by Crippen LogP contribution is 2.27. The van der Waals surface area contributed by atoms with E-state index in [9.17, 15) is 9.90 Å². The number of rotatable bonds is 2. The molecule has 2 fully saturated rings. The predicted octanol–water partition coefficient (Wildman–Crippen LogP) is 1.34. The summed E-state index contributed by atoms with van der Waals surface area (Å²) >= 11 is 0. The van der Waals surface area contributed by atoms with Crippen molar-refractivity contribution in [3.63, 3.8) is 0 Å². The number of carbonyl (C=O) groups excluding carboxylic acids is 1. The summed E-state index contributed by atoms with van der Waals surface area (Å²) in [7, 11) is 0. The average Bonchev–Trinajstić information content (AvgIpc) is 2.30. The fourth-order valence-electron chi connectivity index (χ4n) is 2.96. The molecule has 1 heterocycles. The highest BCUT2D eigenvalue weighted by molar-refractivity contribution is 5.79. The van der Waals surface area contributed by atoms with E-state index in [2.05, 4.69) is 4.90 Å². The quantitative estimate of drug-likeness (QED) is 0.749. The lowest BCUT2D eigenvalue weighted by Gasteiger charge is -2.41. The van der Waals surface area contributed by atoms with Crippen LogP contribution in [-0.2, 0) is 4.79 Å². The molecule has 1 saturated carbocycles. The number of hydrogen-bond acceptors (Lipinski definition) is 3. The molecule has 0 amide bonds. The first-order chi connectivity index (χ1) is 7.31. The van der Waals surface area contributed by atoms with Crippen LogP contribution >= 0.6 is 0 Å². The van der Waals surface area contributed by atoms with Crippen molar-refractivity contribution in [1.82, 2.24) is 4.90 Å². The molecule has 0 radical (unpaired) electrons. The number of likely N-dealkylation sites (tertiary alicyclic amines) is 1. The summed E-state index contributed by atoms with van der Waals surface area (Å²) in [5, 5.41) is 9.34. The molecule has 1 aliphatic carbocycles. The Morgan fingerprint density at radius 2 is 1.93 bits per heavy atom. The van der Waals surface area contributed by atoms with Crippen LogP contribution in [0, 0.1) is 0 Å². The zero-order valence-electron chi connectivity index (χ0n) is 9.32. The number of hydrogen-bond donors (Lipinski definition) is 1. The van der Waals surface area contributed by atoms with Gasteiger partial charge in [0.25, 0.3) is 0 Å². The predicted molar refractivity (Wildman–Crippen MR) is 58.7 cm³/mol. The molecule has 0 bridgehead atoms. The smallest absolute Gasteiger partial charge is 0.133 e. The Bertz CT molecular complexity index is 220. The summed E-state index contributed by atoms with van der Waals surface area (Å²) in [4.78, 5) is 13.6. The molecule has 0 aromatic heterocycles. The van der Waals surface area contributed by atoms with Crippen LogP contribution in [-0.4, -0.2) is 41.0 Å². The van der Waals surface area contributed by atoms with E-state index in [4.69, 9.17) is 0 Å². The van der Waals surface area contributed by atoms with Crippen molar-refractivity contribution >= 4 is 5.78 Å². The minimum atomic E-state index is 0.282. The Labute approximate surface area is 91.5 Å². The van der Waals surface area contributed by atoms with E-state index in [1.54, 1.807) is 0 Å². The van der Waals surface area contributed by atoms with Crippen molar-refractivity contribution < 1.29 is 9.90 Å². The molecular weight excluding hydrogens is 190 g/mol. The summed E-state index contributed by atoms with van der Waals surface area (Å²) in [5.74, 6) is 0.420. The Morgan fingerprint density at radius 1 is 1.20 bits per heavy atom. The fraction of sp³-hybridized carbons (Fsp3) is 0.917. The maximum Gasteiger partial charge on any atom is 0.133 e. The van der Waals surface area contributed by atoms with Crippen molar-refractivity contribution in [2.75, 3.05) is 13.2 Å². The molecule has 2 aliphatic rings. The lowest BCUT2D eigenvalue weighted by atomic mass is 9.90. The number of ketones is 1. The summed E-state index contributed by atoms with van der Waals surface area (Å²) in [6, 6.07) is 0.914. The Hall–Kier alpha value is -0.410. The molecule has 0 spiro atoms. The van der Waals surface area contributed by atoms with Gasteiger partial charge in [0.15, 0.2) is 0 Å². The number of nitrogens with zero attached hydrogens (tertiary/aromatic N) is 1. The standard InChI is InChI=1S/C12H21NO2/c14-9-11-3-1-2-8-13(11)10-4-6-12(15)7-5-10/h10-11,14H,1-9H2. The van der Waals surface area contributed by atoms with E-state index in [0.717, 1.165) is 38.6 Å². The molecule has 0 aromatic carbocycles. The molecule has 1 N–H and O–H groups in total. The van der Waals surface area contributed by atoms with Crippen molar-refractivity contribution in [2.45, 2.75) is 57.0 Å². The van der Waals surface area contributed by atoms with E-state index in [1.165, 1.54) is 12.8 Å². The fourth-order valence-corrected chi connectivity index (χ4v) is 2.96. The molecule has 1 atom stereocenters. The van der Waals surface area contributed by atoms with Gasteiger partial charge in [0, 0.05) is 24.9 Å². The van der Waals surface area contributed by atoms with Gasteiger partial charge in [-0.25, -0.2) is 0 Å². The monoisotopic (exact) mass is 211 g/mol. The number of aliphatic hydroxyl groups is 1. The molecule has 2 rings (SSSR count). The summed E-state index contributed by atoms with van der Waals surface area (Å²) in [6.45, 7) is 1.40. The van der Waals surface area contributed by atoms with E-state index in [-0.39, 0.29) is 6.61 Å². The van der Waals surface area contributed by atoms with Crippen molar-refractivity contribution in [2.24, 2.45) is 0 Å². The first-order valence-electron chi connectivity index (χ1n) is 6.19. The number of aliphatic hydroxyl groups excluding tert-OH is 1. The molecule has 15 heavy (non-hydrogen) atoms. The molecule has 1 aliphatic heterocycles. The summed E-state index contributed by atoms with van der Waals surface area (Å²) in [6.07, 6.45) is 7.14. The zero-order valence-corrected chi connectivity index (χ0v) is 9.32. The molecule has 86 valence electrons. The minimum absolute atomic E-state index is 0.282. The minimum Gasteiger partial charge on any atom is -0.395 e. The maximum absolute atomic E-state index is 11.2. The van der Waals surface area contributed by atoms with Gasteiger partial charge < -0.3 is 5.11 Å². The average molecular weight is 211 g/mol. The molecule has 0 aromatic rings. The van der Waals surface area contributed by atoms with Crippen molar-refractivity contribution in [1.29, 1.82) is 0 Å². The van der Waals surface area contributed by atoms with Gasteiger partial charge in [-0.3, -0.25) is 9.69 Å². The number of piperidine rings is 1. The molecule has 3 nitrogen and oxygen atoms in total. The van der Waals surface area contributed by atoms with Crippen molar-refractivity contribution in [3.05, 3.63) is 0 Å². The van der Waals surface area contributed by atoms with Crippen molar-refractivity contribution in [3.8, 4) is 0 Å². The Kier molecular flexibility index (Phi) is 3.76. The van der Waals surface area contributed by atoms with Gasteiger partial charge in [-0.05, 0) is 32.2 Å². The highest BCUT2D eigenvalue weighted by atomic mass is 16.3. The van der Waals surface area contributed by atoms with Crippen LogP contribution in [0.2, 0.25) is 0 Å². The second kappa shape index (κ2) is 5.08. The Balaban J connectivity index is 1.92. The third-order valence-corrected chi connectivity index (χ3v) is 3.87. The second-order valence-electron chi connectivity index (χ2n) is 4.84. The number of Topliss-reactive ketones (excluding diaryl/α,β-unsaturated/α-hetero) is 1. The third kappa shape index (κ3) is 2.58. The topological polar surface area (TPSA) is 40.5 Å². The van der Waals surface area contributed by atoms with Gasteiger partial charge in [0.2, 0.25) is 0 Å². The second-order valence-corrected chi connectivity index (χ2v) is 4.84. The van der Waals surface area contributed by atoms with Gasteiger partial charge in [-0.15, -0.1) is 0 Å². The van der Waals surface area contributed by atoms with Gasteiger partial charge in [-0.2, -0.15) is 0 Å². The van der Waals surface area contributed by atoms with Crippen LogP contribution in [0.5, 0.6) is 0 Å². The molecule has 1 saturated heterocycles. The Morgan fingerprint density at radius 3 is 2.60 bits per heavy atom. The zero-order chi connectivity index (χ0) is 10.7. The van der Waals surface area contributed by atoms with E-state index in [1.807, 2.05) is 0 Å². The largest absolute Gasteiger partial charge is 0.395 e. The first kappa shape index (κ1) is 11.1. The SMILES string of the molecule is O=C1CCC(N2CCCCC2CO)CC1. The van der Waals surface area contributed by atoms with Crippen LogP contribution in [0.25, 0.3) is 0 Å². The molecular formula is C12H21NO2. The normalized spacial score (nSPS) is 30.7. The van der Waals surface area contributed by atoms with E-state index < -0.39 is 0 Å². The van der Waals surface area contributed by atoms with E-state index in [0.29, 0.717) is 17.9 Å². The van der Waals surface area contributed by atoms with Crippen LogP contribution in [0.15, 0.2) is 0 Å². The lowest BCUT2D eigenvalue weighted by molar-refractivity contribution is -0.121. The van der Waals surface area contributed by atoms with Gasteiger partial charge >= 0.3 is 0 Å². The van der Waals surface area contributed by atoms with Gasteiger partial charge in [-0.1, -0.05) is 6.42 Å². The summed E-state index contributed by atoms with van der Waals surface area (Å²) < 4.78 is 0. The van der Waals surface area contributed by atoms with Crippen LogP contribution in [0.1, 0.15) is 44.9 Å². The third-order valence-electron chi connectivity index (χ3n) is 3.87. The van der Waals surface area contributed by atoms with E-state index >= 15 is 0 Å². The lowest BCUT2D eigenvalue weighted by Crippen LogP contribution is -2.49. The van der Waals surface area contributed by atoms with Gasteiger partial charge in [0.05, 0.1) is 6.61 Å². The van der Waals surface area contributed by atoms with Gasteiger partial charge in [0.1, 0.15) is 5.78 Å². The molecule has 3 heteroatoms. The van der Waals surface area contributed by atoms with Crippen LogP contribution in [0.4, 0.5) is 0 Å². The van der Waals surface area contributed by atoms with Crippen LogP contribution < -0.4 is 0 Å². The highest BCUT2D eigenvalue weighted by Gasteiger charge is 2.30. The molecule has 1 unspecified atom stereocenters. The maximum atomic E-state index is 11.2.